The van der Waals surface area contributed by atoms with Gasteiger partial charge in [-0.2, -0.15) is 0 Å². The Kier molecular flexibility index (Phi) is 4.91. The molecule has 0 radical (unpaired) electrons. The van der Waals surface area contributed by atoms with Crippen LogP contribution in [0.15, 0.2) is 24.5 Å². The molecule has 1 saturated heterocycles. The summed E-state index contributed by atoms with van der Waals surface area (Å²) in [6.45, 7) is 5.69. The van der Waals surface area contributed by atoms with Gasteiger partial charge in [-0.15, -0.1) is 0 Å². The second kappa shape index (κ2) is 7.51. The molecule has 4 aromatic rings. The van der Waals surface area contributed by atoms with Crippen molar-refractivity contribution in [2.45, 2.75) is 25.9 Å². The van der Waals surface area contributed by atoms with Gasteiger partial charge >= 0.3 is 0 Å². The predicted molar refractivity (Wildman–Crippen MR) is 122 cm³/mol. The van der Waals surface area contributed by atoms with Crippen molar-refractivity contribution in [2.24, 2.45) is 0 Å². The summed E-state index contributed by atoms with van der Waals surface area (Å²) in [4.78, 5) is 15.0. The molecule has 3 heterocycles. The zero-order chi connectivity index (χ0) is 21.9. The summed E-state index contributed by atoms with van der Waals surface area (Å²) in [7, 11) is 0. The number of halogens is 3. The molecule has 0 aliphatic carbocycles. The van der Waals surface area contributed by atoms with Gasteiger partial charge in [-0.25, -0.2) is 23.7 Å². The Hall–Kier alpha value is -2.62. The number of aromatic nitrogens is 3. The highest BCUT2D eigenvalue weighted by molar-refractivity contribution is 7.22. The Morgan fingerprint density at radius 3 is 2.84 bits per heavy atom. The van der Waals surface area contributed by atoms with Crippen molar-refractivity contribution in [3.05, 3.63) is 41.2 Å². The highest BCUT2D eigenvalue weighted by atomic mass is 35.5. The van der Waals surface area contributed by atoms with Gasteiger partial charge in [-0.1, -0.05) is 22.9 Å². The molecule has 1 aliphatic rings. The number of benzene rings is 2. The van der Waals surface area contributed by atoms with E-state index in [0.717, 1.165) is 24.4 Å². The molecule has 2 atom stereocenters. The Labute approximate surface area is 186 Å². The molecule has 160 valence electrons. The van der Waals surface area contributed by atoms with Crippen molar-refractivity contribution in [1.29, 1.82) is 0 Å². The zero-order valence-electron chi connectivity index (χ0n) is 16.8. The molecular weight excluding hydrogens is 442 g/mol. The Balaban J connectivity index is 1.74. The second-order valence-corrected chi connectivity index (χ2v) is 9.21. The maximum absolute atomic E-state index is 15.8. The molecular formula is C21H19ClF2N6S. The first kappa shape index (κ1) is 20.3. The van der Waals surface area contributed by atoms with Gasteiger partial charge in [-0.3, -0.25) is 0 Å². The van der Waals surface area contributed by atoms with Gasteiger partial charge in [0.2, 0.25) is 0 Å². The van der Waals surface area contributed by atoms with E-state index in [1.54, 1.807) is 6.07 Å². The van der Waals surface area contributed by atoms with Crippen molar-refractivity contribution in [3.63, 3.8) is 0 Å². The maximum Gasteiger partial charge on any atom is 0.181 e. The van der Waals surface area contributed by atoms with Crippen molar-refractivity contribution < 1.29 is 8.78 Å². The molecule has 31 heavy (non-hydrogen) atoms. The molecule has 0 spiro atoms. The zero-order valence-corrected chi connectivity index (χ0v) is 18.4. The fraction of sp³-hybridized carbons (Fsp3) is 0.286. The van der Waals surface area contributed by atoms with E-state index in [1.807, 2.05) is 0 Å². The summed E-state index contributed by atoms with van der Waals surface area (Å²) < 4.78 is 30.3. The molecule has 2 aromatic carbocycles. The van der Waals surface area contributed by atoms with Gasteiger partial charge in [0.15, 0.2) is 10.9 Å². The van der Waals surface area contributed by atoms with Crippen LogP contribution in [0.5, 0.6) is 0 Å². The lowest BCUT2D eigenvalue weighted by Crippen LogP contribution is -2.54. The summed E-state index contributed by atoms with van der Waals surface area (Å²) in [5, 5.41) is 4.33. The first-order chi connectivity index (χ1) is 14.8. The molecule has 0 saturated carbocycles. The summed E-state index contributed by atoms with van der Waals surface area (Å²) in [6, 6.07) is 4.85. The number of nitrogen functional groups attached to an aromatic ring is 1. The SMILES string of the molecule is CC1CN(c2ncnc3c(F)c(-c4ccc(F)c5sc(N)nc45)c(Cl)cc23)C(C)CN1. The van der Waals surface area contributed by atoms with Crippen molar-refractivity contribution in [1.82, 2.24) is 20.3 Å². The quantitative estimate of drug-likeness (QED) is 0.455. The summed E-state index contributed by atoms with van der Waals surface area (Å²) in [5.41, 5.74) is 6.71. The number of nitrogens with one attached hydrogen (secondary N) is 1. The van der Waals surface area contributed by atoms with Crippen LogP contribution >= 0.6 is 22.9 Å². The van der Waals surface area contributed by atoms with Gasteiger partial charge in [-0.05, 0) is 32.0 Å². The number of anilines is 2. The lowest BCUT2D eigenvalue weighted by atomic mass is 10.0. The van der Waals surface area contributed by atoms with Crippen LogP contribution in [0.4, 0.5) is 19.7 Å². The highest BCUT2D eigenvalue weighted by Gasteiger charge is 2.27. The third kappa shape index (κ3) is 3.28. The topological polar surface area (TPSA) is 80.0 Å². The number of thiazole rings is 1. The molecule has 2 unspecified atom stereocenters. The van der Waals surface area contributed by atoms with E-state index in [9.17, 15) is 4.39 Å². The number of hydrogen-bond donors (Lipinski definition) is 2. The van der Waals surface area contributed by atoms with E-state index >= 15 is 4.39 Å². The number of rotatable bonds is 2. The average molecular weight is 461 g/mol. The number of hydrogen-bond acceptors (Lipinski definition) is 7. The molecule has 0 amide bonds. The number of piperazine rings is 1. The minimum absolute atomic E-state index is 0.121. The molecule has 3 N–H and O–H groups in total. The second-order valence-electron chi connectivity index (χ2n) is 7.78. The molecule has 5 rings (SSSR count). The average Bonchev–Trinajstić information content (AvgIpc) is 3.14. The maximum atomic E-state index is 15.8. The lowest BCUT2D eigenvalue weighted by molar-refractivity contribution is 0.423. The van der Waals surface area contributed by atoms with Crippen molar-refractivity contribution >= 4 is 55.0 Å². The first-order valence-corrected chi connectivity index (χ1v) is 11.0. The molecule has 2 aromatic heterocycles. The van der Waals surface area contributed by atoms with Crippen molar-refractivity contribution in [2.75, 3.05) is 23.7 Å². The van der Waals surface area contributed by atoms with Crippen LogP contribution in [-0.4, -0.2) is 40.1 Å². The van der Waals surface area contributed by atoms with Gasteiger partial charge in [0.25, 0.3) is 0 Å². The van der Waals surface area contributed by atoms with Gasteiger partial charge in [0.1, 0.15) is 23.5 Å². The Morgan fingerprint density at radius 1 is 1.23 bits per heavy atom. The van der Waals surface area contributed by atoms with Crippen LogP contribution in [0.2, 0.25) is 5.02 Å². The minimum atomic E-state index is -0.596. The smallest absolute Gasteiger partial charge is 0.181 e. The van der Waals surface area contributed by atoms with Crippen LogP contribution < -0.4 is 16.0 Å². The standard InChI is InChI=1S/C21H19ClF2N6S/c1-9-7-30(10(2)6-26-9)20-12-5-13(22)15(16(24)17(12)27-8-28-20)11-3-4-14(23)19-18(11)29-21(25)31-19/h3-5,8-10,26H,6-7H2,1-2H3,(H2,25,29). The van der Waals surface area contributed by atoms with Crippen molar-refractivity contribution in [3.8, 4) is 11.1 Å². The van der Waals surface area contributed by atoms with E-state index in [-0.39, 0.29) is 43.5 Å². The number of nitrogens with zero attached hydrogens (tertiary/aromatic N) is 4. The van der Waals surface area contributed by atoms with Crippen LogP contribution in [0, 0.1) is 11.6 Å². The Bertz CT molecular complexity index is 1330. The molecule has 0 bridgehead atoms. The number of fused-ring (bicyclic) bond motifs is 2. The molecule has 1 aliphatic heterocycles. The van der Waals surface area contributed by atoms with E-state index in [1.165, 1.54) is 18.5 Å². The molecule has 1 fully saturated rings. The van der Waals surface area contributed by atoms with Gasteiger partial charge < -0.3 is 16.0 Å². The Morgan fingerprint density at radius 2 is 2.03 bits per heavy atom. The van der Waals surface area contributed by atoms with E-state index in [2.05, 4.69) is 39.0 Å². The van der Waals surface area contributed by atoms with Crippen LogP contribution in [0.25, 0.3) is 32.2 Å². The normalized spacial score (nSPS) is 19.5. The first-order valence-electron chi connectivity index (χ1n) is 9.82. The van der Waals surface area contributed by atoms with Crippen LogP contribution in [-0.2, 0) is 0 Å². The summed E-state index contributed by atoms with van der Waals surface area (Å²) >= 11 is 7.60. The monoisotopic (exact) mass is 460 g/mol. The summed E-state index contributed by atoms with van der Waals surface area (Å²) in [6.07, 6.45) is 1.36. The van der Waals surface area contributed by atoms with E-state index < -0.39 is 11.6 Å². The lowest BCUT2D eigenvalue weighted by Gasteiger charge is -2.38. The van der Waals surface area contributed by atoms with Gasteiger partial charge in [0, 0.05) is 41.7 Å². The highest BCUT2D eigenvalue weighted by Crippen LogP contribution is 2.42. The third-order valence-electron chi connectivity index (χ3n) is 5.62. The molecule has 10 heteroatoms. The van der Waals surface area contributed by atoms with Crippen LogP contribution in [0.1, 0.15) is 13.8 Å². The third-order valence-corrected chi connectivity index (χ3v) is 6.81. The van der Waals surface area contributed by atoms with Gasteiger partial charge in [0.05, 0.1) is 15.2 Å². The number of nitrogens with two attached hydrogens (primary N) is 1. The minimum Gasteiger partial charge on any atom is -0.375 e. The largest absolute Gasteiger partial charge is 0.375 e. The van der Waals surface area contributed by atoms with E-state index in [0.29, 0.717) is 16.8 Å². The predicted octanol–water partition coefficient (Wildman–Crippen LogP) is 4.61. The summed E-state index contributed by atoms with van der Waals surface area (Å²) in [5.74, 6) is -0.418. The fourth-order valence-corrected chi connectivity index (χ4v) is 5.16. The van der Waals surface area contributed by atoms with E-state index in [4.69, 9.17) is 17.3 Å². The van der Waals surface area contributed by atoms with Crippen LogP contribution in [0.3, 0.4) is 0 Å². The molecule has 6 nitrogen and oxygen atoms in total. The fourth-order valence-electron chi connectivity index (χ4n) is 4.10.